The molecule has 138 valence electrons. The van der Waals surface area contributed by atoms with Crippen LogP contribution in [0, 0.1) is 5.82 Å². The maximum Gasteiger partial charge on any atom is 0.335 e. The molecule has 1 aliphatic rings. The first kappa shape index (κ1) is 18.4. The van der Waals surface area contributed by atoms with Crippen molar-refractivity contribution in [1.82, 2.24) is 5.32 Å². The Hall–Kier alpha value is -3.39. The maximum absolute atomic E-state index is 13.5. The molecular weight excluding hydrogens is 379 g/mol. The van der Waals surface area contributed by atoms with E-state index >= 15 is 0 Å². The number of rotatable bonds is 3. The Kier molecular flexibility index (Phi) is 4.83. The SMILES string of the molecule is COc1cc(Cl)cc(/C=C2\C(=O)NC(=O)N(c3cccc(F)c3)C2=O)c1O. The van der Waals surface area contributed by atoms with Crippen LogP contribution in [0.1, 0.15) is 5.56 Å². The monoisotopic (exact) mass is 390 g/mol. The first-order valence-electron chi connectivity index (χ1n) is 7.55. The van der Waals surface area contributed by atoms with Crippen molar-refractivity contribution in [1.29, 1.82) is 0 Å². The van der Waals surface area contributed by atoms with Gasteiger partial charge < -0.3 is 9.84 Å². The first-order chi connectivity index (χ1) is 12.8. The van der Waals surface area contributed by atoms with Gasteiger partial charge in [0.1, 0.15) is 11.4 Å². The van der Waals surface area contributed by atoms with Gasteiger partial charge in [0.25, 0.3) is 11.8 Å². The summed E-state index contributed by atoms with van der Waals surface area (Å²) in [7, 11) is 1.31. The summed E-state index contributed by atoms with van der Waals surface area (Å²) >= 11 is 5.94. The molecule has 3 rings (SSSR count). The number of halogens is 2. The highest BCUT2D eigenvalue weighted by atomic mass is 35.5. The van der Waals surface area contributed by atoms with Crippen LogP contribution in [0.2, 0.25) is 5.02 Å². The molecule has 0 atom stereocenters. The molecule has 1 fully saturated rings. The third kappa shape index (κ3) is 3.47. The number of ether oxygens (including phenoxy) is 1. The van der Waals surface area contributed by atoms with Gasteiger partial charge in [-0.05, 0) is 30.3 Å². The number of carbonyl (C=O) groups excluding carboxylic acids is 3. The van der Waals surface area contributed by atoms with Crippen LogP contribution in [0.3, 0.4) is 0 Å². The number of anilines is 1. The second-order valence-electron chi connectivity index (χ2n) is 5.48. The van der Waals surface area contributed by atoms with Gasteiger partial charge in [0.05, 0.1) is 12.8 Å². The van der Waals surface area contributed by atoms with Crippen molar-refractivity contribution < 1.29 is 28.6 Å². The maximum atomic E-state index is 13.5. The van der Waals surface area contributed by atoms with Gasteiger partial charge in [-0.1, -0.05) is 17.7 Å². The second-order valence-corrected chi connectivity index (χ2v) is 5.92. The number of phenolic OH excluding ortho intramolecular Hbond substituents is 1. The number of hydrogen-bond donors (Lipinski definition) is 2. The number of nitrogens with one attached hydrogen (secondary N) is 1. The van der Waals surface area contributed by atoms with Gasteiger partial charge >= 0.3 is 6.03 Å². The predicted molar refractivity (Wildman–Crippen MR) is 95.1 cm³/mol. The van der Waals surface area contributed by atoms with Crippen molar-refractivity contribution in [3.8, 4) is 11.5 Å². The number of methoxy groups -OCH3 is 1. The largest absolute Gasteiger partial charge is 0.504 e. The predicted octanol–water partition coefficient (Wildman–Crippen LogP) is 2.86. The van der Waals surface area contributed by atoms with E-state index in [9.17, 15) is 23.9 Å². The molecule has 9 heteroatoms. The van der Waals surface area contributed by atoms with E-state index in [1.54, 1.807) is 0 Å². The van der Waals surface area contributed by atoms with E-state index in [4.69, 9.17) is 16.3 Å². The van der Waals surface area contributed by atoms with Crippen molar-refractivity contribution in [2.75, 3.05) is 12.0 Å². The minimum Gasteiger partial charge on any atom is -0.504 e. The Morgan fingerprint density at radius 3 is 2.63 bits per heavy atom. The lowest BCUT2D eigenvalue weighted by Crippen LogP contribution is -2.54. The smallest absolute Gasteiger partial charge is 0.335 e. The van der Waals surface area contributed by atoms with Gasteiger partial charge in [-0.25, -0.2) is 14.1 Å². The van der Waals surface area contributed by atoms with Crippen LogP contribution in [0.4, 0.5) is 14.9 Å². The van der Waals surface area contributed by atoms with Crippen molar-refractivity contribution in [3.05, 3.63) is 58.4 Å². The fraction of sp³-hybridized carbons (Fsp3) is 0.0556. The standard InChI is InChI=1S/C18H12ClFN2O5/c1-27-14-7-10(19)5-9(15(14)23)6-13-16(24)21-18(26)22(17(13)25)12-4-2-3-11(20)8-12/h2-8,23H,1H3,(H,21,24,26)/b13-6+. The molecule has 1 heterocycles. The number of carbonyl (C=O) groups is 3. The molecule has 0 saturated carbocycles. The van der Waals surface area contributed by atoms with E-state index in [0.717, 1.165) is 18.2 Å². The van der Waals surface area contributed by atoms with Crippen LogP contribution < -0.4 is 15.0 Å². The molecule has 7 nitrogen and oxygen atoms in total. The Labute approximate surface area is 157 Å². The fourth-order valence-electron chi connectivity index (χ4n) is 2.52. The molecule has 0 aromatic heterocycles. The molecule has 0 bridgehead atoms. The normalized spacial score (nSPS) is 15.9. The summed E-state index contributed by atoms with van der Waals surface area (Å²) in [4.78, 5) is 37.6. The molecule has 2 aromatic rings. The summed E-state index contributed by atoms with van der Waals surface area (Å²) in [6, 6.07) is 6.44. The van der Waals surface area contributed by atoms with Crippen LogP contribution in [-0.2, 0) is 9.59 Å². The van der Waals surface area contributed by atoms with Crippen LogP contribution in [0.5, 0.6) is 11.5 Å². The van der Waals surface area contributed by atoms with E-state index in [1.807, 2.05) is 5.32 Å². The van der Waals surface area contributed by atoms with E-state index in [0.29, 0.717) is 4.90 Å². The zero-order valence-electron chi connectivity index (χ0n) is 13.8. The van der Waals surface area contributed by atoms with Gasteiger partial charge in [0, 0.05) is 16.7 Å². The summed E-state index contributed by atoms with van der Waals surface area (Å²) in [6.45, 7) is 0. The number of imide groups is 2. The number of amides is 4. The average Bonchev–Trinajstić information content (AvgIpc) is 2.61. The zero-order chi connectivity index (χ0) is 19.7. The van der Waals surface area contributed by atoms with Gasteiger partial charge in [0.2, 0.25) is 0 Å². The Bertz CT molecular complexity index is 1010. The van der Waals surface area contributed by atoms with Crippen LogP contribution >= 0.6 is 11.6 Å². The quantitative estimate of drug-likeness (QED) is 0.620. The van der Waals surface area contributed by atoms with Gasteiger partial charge in [0.15, 0.2) is 11.5 Å². The summed E-state index contributed by atoms with van der Waals surface area (Å²) in [5.74, 6) is -2.91. The topological polar surface area (TPSA) is 95.9 Å². The van der Waals surface area contributed by atoms with Crippen molar-refractivity contribution >= 4 is 41.2 Å². The highest BCUT2D eigenvalue weighted by Gasteiger charge is 2.37. The summed E-state index contributed by atoms with van der Waals surface area (Å²) in [6.07, 6.45) is 1.07. The third-order valence-corrected chi connectivity index (χ3v) is 3.98. The molecule has 2 N–H and O–H groups in total. The number of urea groups is 1. The number of phenols is 1. The molecule has 0 spiro atoms. The highest BCUT2D eigenvalue weighted by Crippen LogP contribution is 2.35. The Balaban J connectivity index is 2.09. The lowest BCUT2D eigenvalue weighted by Gasteiger charge is -2.26. The fourth-order valence-corrected chi connectivity index (χ4v) is 2.74. The molecular formula is C18H12ClFN2O5. The van der Waals surface area contributed by atoms with Gasteiger partial charge in [-0.15, -0.1) is 0 Å². The molecule has 0 unspecified atom stereocenters. The zero-order valence-corrected chi connectivity index (χ0v) is 14.6. The second kappa shape index (κ2) is 7.08. The molecule has 0 radical (unpaired) electrons. The summed E-state index contributed by atoms with van der Waals surface area (Å²) in [5, 5.41) is 12.4. The highest BCUT2D eigenvalue weighted by molar-refractivity contribution is 6.39. The average molecular weight is 391 g/mol. The van der Waals surface area contributed by atoms with E-state index in [2.05, 4.69) is 0 Å². The summed E-state index contributed by atoms with van der Waals surface area (Å²) < 4.78 is 18.4. The molecule has 1 aliphatic heterocycles. The van der Waals surface area contributed by atoms with E-state index < -0.39 is 29.2 Å². The minimum atomic E-state index is -1.01. The van der Waals surface area contributed by atoms with Crippen LogP contribution in [0.15, 0.2) is 42.0 Å². The number of nitrogens with zero attached hydrogens (tertiary/aromatic N) is 1. The van der Waals surface area contributed by atoms with Gasteiger partial charge in [-0.2, -0.15) is 0 Å². The van der Waals surface area contributed by atoms with Gasteiger partial charge in [-0.3, -0.25) is 14.9 Å². The van der Waals surface area contributed by atoms with Crippen LogP contribution in [0.25, 0.3) is 6.08 Å². The van der Waals surface area contributed by atoms with E-state index in [-0.39, 0.29) is 27.8 Å². The Morgan fingerprint density at radius 1 is 1.22 bits per heavy atom. The van der Waals surface area contributed by atoms with Crippen molar-refractivity contribution in [2.24, 2.45) is 0 Å². The van der Waals surface area contributed by atoms with Crippen LogP contribution in [-0.4, -0.2) is 30.1 Å². The first-order valence-corrected chi connectivity index (χ1v) is 7.93. The van der Waals surface area contributed by atoms with Crippen molar-refractivity contribution in [2.45, 2.75) is 0 Å². The molecule has 1 saturated heterocycles. The number of barbiturate groups is 1. The Morgan fingerprint density at radius 2 is 1.96 bits per heavy atom. The molecule has 0 aliphatic carbocycles. The lowest BCUT2D eigenvalue weighted by molar-refractivity contribution is -0.122. The third-order valence-electron chi connectivity index (χ3n) is 3.76. The van der Waals surface area contributed by atoms with E-state index in [1.165, 1.54) is 31.4 Å². The number of aromatic hydroxyl groups is 1. The van der Waals surface area contributed by atoms with Crippen molar-refractivity contribution in [3.63, 3.8) is 0 Å². The number of benzene rings is 2. The summed E-state index contributed by atoms with van der Waals surface area (Å²) in [5.41, 5.74) is -0.464. The molecule has 27 heavy (non-hydrogen) atoms. The molecule has 2 aromatic carbocycles. The number of hydrogen-bond acceptors (Lipinski definition) is 5. The lowest BCUT2D eigenvalue weighted by atomic mass is 10.1. The molecule has 4 amide bonds. The minimum absolute atomic E-state index is 0.0337.